The Morgan fingerprint density at radius 1 is 1.38 bits per heavy atom. The monoisotopic (exact) mass is 393 g/mol. The number of hydrogen-bond donors (Lipinski definition) is 2. The zero-order chi connectivity index (χ0) is 19.8. The summed E-state index contributed by atoms with van der Waals surface area (Å²) < 4.78 is 63.6. The van der Waals surface area contributed by atoms with E-state index < -0.39 is 34.1 Å². The van der Waals surface area contributed by atoms with E-state index in [-0.39, 0.29) is 29.6 Å². The van der Waals surface area contributed by atoms with E-state index in [4.69, 9.17) is 5.73 Å². The maximum atomic E-state index is 12.8. The molecule has 0 spiro atoms. The fourth-order valence-corrected chi connectivity index (χ4v) is 4.43. The Labute approximate surface area is 150 Å². The first-order valence-electron chi connectivity index (χ1n) is 8.04. The molecule has 0 bridgehead atoms. The molecule has 6 nitrogen and oxygen atoms in total. The topological polar surface area (TPSA) is 92.5 Å². The van der Waals surface area contributed by atoms with E-state index in [1.807, 2.05) is 13.8 Å². The number of alkyl halides is 3. The van der Waals surface area contributed by atoms with Gasteiger partial charge in [-0.15, -0.1) is 0 Å². The first-order chi connectivity index (χ1) is 11.8. The third-order valence-corrected chi connectivity index (χ3v) is 6.30. The van der Waals surface area contributed by atoms with Crippen molar-refractivity contribution in [3.05, 3.63) is 29.8 Å². The lowest BCUT2D eigenvalue weighted by molar-refractivity contribution is -0.123. The summed E-state index contributed by atoms with van der Waals surface area (Å²) in [4.78, 5) is 11.7. The molecule has 1 unspecified atom stereocenters. The van der Waals surface area contributed by atoms with Crippen molar-refractivity contribution in [2.45, 2.75) is 37.4 Å². The zero-order valence-corrected chi connectivity index (χ0v) is 15.3. The number of nitrogens with two attached hydrogens (primary N) is 1. The van der Waals surface area contributed by atoms with E-state index in [9.17, 15) is 26.4 Å². The lowest BCUT2D eigenvalue weighted by Gasteiger charge is -2.41. The molecule has 1 fully saturated rings. The standard InChI is InChI=1S/C16H22F3N3O3S/c1-15(2)10-22(7-6-13(15)20)26(24,25)12-5-3-4-11(8-12)14(23)21-9-16(17,18)19/h3-5,8,13H,6-7,9-10,20H2,1-2H3,(H,21,23). The highest BCUT2D eigenvalue weighted by Gasteiger charge is 2.39. The Hall–Kier alpha value is -1.65. The Morgan fingerprint density at radius 3 is 2.62 bits per heavy atom. The van der Waals surface area contributed by atoms with Gasteiger partial charge in [0.05, 0.1) is 4.90 Å². The van der Waals surface area contributed by atoms with Crippen LogP contribution >= 0.6 is 0 Å². The molecule has 146 valence electrons. The van der Waals surface area contributed by atoms with Crippen LogP contribution in [-0.2, 0) is 10.0 Å². The van der Waals surface area contributed by atoms with Gasteiger partial charge < -0.3 is 11.1 Å². The molecular formula is C16H22F3N3O3S. The summed E-state index contributed by atoms with van der Waals surface area (Å²) in [5, 5.41) is 1.73. The number of amides is 1. The van der Waals surface area contributed by atoms with Crippen LogP contribution in [-0.4, -0.2) is 50.5 Å². The number of piperidine rings is 1. The van der Waals surface area contributed by atoms with E-state index in [1.54, 1.807) is 5.32 Å². The summed E-state index contributed by atoms with van der Waals surface area (Å²) in [6, 6.07) is 4.87. The fourth-order valence-electron chi connectivity index (χ4n) is 2.76. The quantitative estimate of drug-likeness (QED) is 0.815. The van der Waals surface area contributed by atoms with Gasteiger partial charge in [0.15, 0.2) is 0 Å². The van der Waals surface area contributed by atoms with E-state index in [1.165, 1.54) is 22.5 Å². The minimum Gasteiger partial charge on any atom is -0.343 e. The van der Waals surface area contributed by atoms with Crippen LogP contribution in [0.1, 0.15) is 30.6 Å². The molecule has 0 aromatic heterocycles. The van der Waals surface area contributed by atoms with Crippen molar-refractivity contribution in [1.29, 1.82) is 0 Å². The fraction of sp³-hybridized carbons (Fsp3) is 0.562. The number of benzene rings is 1. The van der Waals surface area contributed by atoms with Gasteiger partial charge in [-0.3, -0.25) is 4.79 Å². The third kappa shape index (κ3) is 4.74. The summed E-state index contributed by atoms with van der Waals surface area (Å²) >= 11 is 0. The number of carbonyl (C=O) groups excluding carboxylic acids is 1. The lowest BCUT2D eigenvalue weighted by atomic mass is 9.81. The molecule has 0 saturated carbocycles. The molecule has 0 aliphatic carbocycles. The van der Waals surface area contributed by atoms with Gasteiger partial charge in [0.2, 0.25) is 10.0 Å². The normalized spacial score (nSPS) is 21.4. The summed E-state index contributed by atoms with van der Waals surface area (Å²) in [5.74, 6) is -0.986. The predicted octanol–water partition coefficient (Wildman–Crippen LogP) is 1.73. The molecule has 10 heteroatoms. The van der Waals surface area contributed by atoms with Crippen LogP contribution in [0.5, 0.6) is 0 Å². The average molecular weight is 393 g/mol. The molecule has 2 rings (SSSR count). The van der Waals surface area contributed by atoms with Crippen molar-refractivity contribution in [3.8, 4) is 0 Å². The molecule has 1 aliphatic heterocycles. The number of halogens is 3. The molecule has 1 saturated heterocycles. The van der Waals surface area contributed by atoms with Gasteiger partial charge in [-0.05, 0) is 30.0 Å². The molecule has 0 radical (unpaired) electrons. The Bertz CT molecular complexity index is 778. The van der Waals surface area contributed by atoms with Crippen molar-refractivity contribution < 1.29 is 26.4 Å². The van der Waals surface area contributed by atoms with Crippen LogP contribution in [0.25, 0.3) is 0 Å². The summed E-state index contributed by atoms with van der Waals surface area (Å²) in [6.07, 6.45) is -4.05. The molecule has 1 aliphatic rings. The number of hydrogen-bond acceptors (Lipinski definition) is 4. The highest BCUT2D eigenvalue weighted by Crippen LogP contribution is 2.31. The van der Waals surface area contributed by atoms with Crippen LogP contribution in [0.3, 0.4) is 0 Å². The second kappa shape index (κ2) is 7.16. The maximum absolute atomic E-state index is 12.8. The van der Waals surface area contributed by atoms with Gasteiger partial charge in [-0.1, -0.05) is 19.9 Å². The highest BCUT2D eigenvalue weighted by atomic mass is 32.2. The van der Waals surface area contributed by atoms with E-state index in [2.05, 4.69) is 0 Å². The molecule has 3 N–H and O–H groups in total. The molecule has 1 aromatic carbocycles. The summed E-state index contributed by atoms with van der Waals surface area (Å²) in [5.41, 5.74) is 5.46. The maximum Gasteiger partial charge on any atom is 0.405 e. The predicted molar refractivity (Wildman–Crippen MR) is 90.0 cm³/mol. The smallest absolute Gasteiger partial charge is 0.343 e. The van der Waals surface area contributed by atoms with Crippen molar-refractivity contribution in [3.63, 3.8) is 0 Å². The van der Waals surface area contributed by atoms with Crippen molar-refractivity contribution in [2.75, 3.05) is 19.6 Å². The molecule has 1 heterocycles. The van der Waals surface area contributed by atoms with Crippen molar-refractivity contribution in [2.24, 2.45) is 11.1 Å². The van der Waals surface area contributed by atoms with Gasteiger partial charge in [0.1, 0.15) is 6.54 Å². The van der Waals surface area contributed by atoms with Gasteiger partial charge in [-0.25, -0.2) is 8.42 Å². The summed E-state index contributed by atoms with van der Waals surface area (Å²) in [6.45, 7) is 2.74. The van der Waals surface area contributed by atoms with E-state index in [0.717, 1.165) is 6.07 Å². The van der Waals surface area contributed by atoms with Crippen LogP contribution in [0.2, 0.25) is 0 Å². The van der Waals surface area contributed by atoms with E-state index >= 15 is 0 Å². The van der Waals surface area contributed by atoms with Crippen molar-refractivity contribution >= 4 is 15.9 Å². The second-order valence-corrected chi connectivity index (χ2v) is 8.99. The van der Waals surface area contributed by atoms with Crippen LogP contribution in [0, 0.1) is 5.41 Å². The first kappa shape index (κ1) is 20.7. The minimum atomic E-state index is -4.54. The number of sulfonamides is 1. The number of carbonyl (C=O) groups is 1. The van der Waals surface area contributed by atoms with Crippen molar-refractivity contribution in [1.82, 2.24) is 9.62 Å². The zero-order valence-electron chi connectivity index (χ0n) is 14.5. The molecule has 1 amide bonds. The Kier molecular flexibility index (Phi) is 5.69. The Morgan fingerprint density at radius 2 is 2.04 bits per heavy atom. The lowest BCUT2D eigenvalue weighted by Crippen LogP contribution is -2.53. The van der Waals surface area contributed by atoms with E-state index in [0.29, 0.717) is 6.42 Å². The summed E-state index contributed by atoms with van der Waals surface area (Å²) in [7, 11) is -3.88. The van der Waals surface area contributed by atoms with Gasteiger partial charge >= 0.3 is 6.18 Å². The minimum absolute atomic E-state index is 0.131. The molecule has 1 atom stereocenters. The second-order valence-electron chi connectivity index (χ2n) is 7.05. The largest absolute Gasteiger partial charge is 0.405 e. The first-order valence-corrected chi connectivity index (χ1v) is 9.48. The van der Waals surface area contributed by atoms with Gasteiger partial charge in [0, 0.05) is 24.7 Å². The SMILES string of the molecule is CC1(C)CN(S(=O)(=O)c2cccc(C(=O)NCC(F)(F)F)c2)CCC1N. The molecule has 26 heavy (non-hydrogen) atoms. The number of nitrogens with zero attached hydrogens (tertiary/aromatic N) is 1. The molecular weight excluding hydrogens is 371 g/mol. The average Bonchev–Trinajstić information content (AvgIpc) is 2.54. The van der Waals surface area contributed by atoms with Gasteiger partial charge in [-0.2, -0.15) is 17.5 Å². The van der Waals surface area contributed by atoms with Crippen LogP contribution < -0.4 is 11.1 Å². The Balaban J connectivity index is 2.22. The van der Waals surface area contributed by atoms with Crippen LogP contribution in [0.4, 0.5) is 13.2 Å². The third-order valence-electron chi connectivity index (χ3n) is 4.46. The number of nitrogens with one attached hydrogen (secondary N) is 1. The van der Waals surface area contributed by atoms with Gasteiger partial charge in [0.25, 0.3) is 5.91 Å². The highest BCUT2D eigenvalue weighted by molar-refractivity contribution is 7.89. The number of rotatable bonds is 4. The molecule has 1 aromatic rings. The van der Waals surface area contributed by atoms with Crippen LogP contribution in [0.15, 0.2) is 29.2 Å².